The summed E-state index contributed by atoms with van der Waals surface area (Å²) < 4.78 is 39.6. The number of likely N-dealkylation sites (tertiary alicyclic amines) is 1. The third kappa shape index (κ3) is 5.55. The number of nitrogens with one attached hydrogen (secondary N) is 1. The highest BCUT2D eigenvalue weighted by atomic mass is 32.2. The minimum absolute atomic E-state index is 0.0130. The normalized spacial score (nSPS) is 17.7. The maximum atomic E-state index is 13.3. The van der Waals surface area contributed by atoms with Gasteiger partial charge in [-0.3, -0.25) is 9.52 Å². The molecule has 1 aliphatic heterocycles. The molecule has 1 aliphatic rings. The van der Waals surface area contributed by atoms with Gasteiger partial charge < -0.3 is 14.4 Å². The van der Waals surface area contributed by atoms with Gasteiger partial charge in [-0.1, -0.05) is 42.0 Å². The molecule has 0 saturated carbocycles. The van der Waals surface area contributed by atoms with Gasteiger partial charge in [-0.2, -0.15) is 0 Å². The van der Waals surface area contributed by atoms with E-state index in [9.17, 15) is 13.2 Å². The zero-order valence-electron chi connectivity index (χ0n) is 21.0. The molecule has 1 fully saturated rings. The Hall–Kier alpha value is -3.36. The lowest BCUT2D eigenvalue weighted by atomic mass is 9.96. The molecule has 1 N–H and O–H groups in total. The van der Waals surface area contributed by atoms with Crippen molar-refractivity contribution in [1.82, 2.24) is 4.90 Å². The van der Waals surface area contributed by atoms with Crippen LogP contribution < -0.4 is 9.46 Å². The summed E-state index contributed by atoms with van der Waals surface area (Å²) in [5, 5.41) is 0. The van der Waals surface area contributed by atoms with Crippen LogP contribution in [0, 0.1) is 19.8 Å². The van der Waals surface area contributed by atoms with E-state index < -0.39 is 10.0 Å². The van der Waals surface area contributed by atoms with Crippen LogP contribution >= 0.6 is 0 Å². The van der Waals surface area contributed by atoms with E-state index in [0.29, 0.717) is 25.2 Å². The van der Waals surface area contributed by atoms with Gasteiger partial charge in [0, 0.05) is 37.4 Å². The van der Waals surface area contributed by atoms with Crippen molar-refractivity contribution in [3.05, 3.63) is 89.0 Å². The van der Waals surface area contributed by atoms with Gasteiger partial charge in [0.1, 0.15) is 10.6 Å². The average Bonchev–Trinajstić information content (AvgIpc) is 3.27. The van der Waals surface area contributed by atoms with Gasteiger partial charge in [0.15, 0.2) is 0 Å². The van der Waals surface area contributed by atoms with Gasteiger partial charge in [-0.25, -0.2) is 8.42 Å². The number of rotatable bonds is 8. The first kappa shape index (κ1) is 25.7. The molecule has 0 unspecified atom stereocenters. The highest BCUT2D eigenvalue weighted by molar-refractivity contribution is 7.92. The van der Waals surface area contributed by atoms with Crippen LogP contribution in [-0.2, 0) is 21.2 Å². The second kappa shape index (κ2) is 10.7. The zero-order chi connectivity index (χ0) is 25.9. The second-order valence-corrected chi connectivity index (χ2v) is 10.9. The molecule has 0 aromatic heterocycles. The van der Waals surface area contributed by atoms with E-state index in [-0.39, 0.29) is 28.6 Å². The fraction of sp³-hybridized carbons (Fsp3) is 0.321. The Morgan fingerprint density at radius 1 is 1.00 bits per heavy atom. The minimum atomic E-state index is -3.83. The molecule has 0 radical (unpaired) electrons. The van der Waals surface area contributed by atoms with Crippen molar-refractivity contribution in [2.24, 2.45) is 5.92 Å². The Morgan fingerprint density at radius 3 is 2.53 bits per heavy atom. The molecule has 1 amide bonds. The topological polar surface area (TPSA) is 84.9 Å². The third-order valence-electron chi connectivity index (χ3n) is 6.63. The zero-order valence-corrected chi connectivity index (χ0v) is 21.8. The maximum Gasteiger partial charge on any atom is 0.265 e. The van der Waals surface area contributed by atoms with Crippen LogP contribution in [-0.4, -0.2) is 52.6 Å². The van der Waals surface area contributed by atoms with Crippen LogP contribution in [0.4, 0.5) is 5.69 Å². The standard InChI is InChI=1S/C28H32N2O5S/c1-19-12-13-20(2)24(14-19)28(31)30-17-22(26(18-30)35-4)15-21-8-7-9-23(16-21)29-36(32,33)27-11-6-5-10-25(27)34-3/h5-14,16,22,26,29H,15,17-18H2,1-4H3/t22-,26-/m1/s1. The SMILES string of the molecule is COc1ccccc1S(=O)(=O)Nc1cccc(C[C@@H]2CN(C(=O)c3cc(C)ccc3C)C[C@H]2OC)c1. The summed E-state index contributed by atoms with van der Waals surface area (Å²) in [6, 6.07) is 19.7. The number of amides is 1. The van der Waals surface area contributed by atoms with Gasteiger partial charge in [0.25, 0.3) is 15.9 Å². The summed E-state index contributed by atoms with van der Waals surface area (Å²) in [5.41, 5.74) is 4.16. The van der Waals surface area contributed by atoms with E-state index in [1.54, 1.807) is 31.4 Å². The molecule has 0 bridgehead atoms. The number of aryl methyl sites for hydroxylation is 2. The highest BCUT2D eigenvalue weighted by Gasteiger charge is 2.36. The van der Waals surface area contributed by atoms with E-state index in [1.807, 2.05) is 55.1 Å². The molecular weight excluding hydrogens is 476 g/mol. The largest absolute Gasteiger partial charge is 0.495 e. The number of sulfonamides is 1. The first-order valence-corrected chi connectivity index (χ1v) is 13.3. The molecule has 3 aromatic rings. The molecule has 7 nitrogen and oxygen atoms in total. The smallest absolute Gasteiger partial charge is 0.265 e. The molecule has 0 aliphatic carbocycles. The number of para-hydroxylation sites is 1. The summed E-state index contributed by atoms with van der Waals surface area (Å²) in [5.74, 6) is 0.382. The number of ether oxygens (including phenoxy) is 2. The van der Waals surface area contributed by atoms with E-state index >= 15 is 0 Å². The summed E-state index contributed by atoms with van der Waals surface area (Å²) in [7, 11) is -0.717. The molecule has 36 heavy (non-hydrogen) atoms. The number of nitrogens with zero attached hydrogens (tertiary/aromatic N) is 1. The Morgan fingerprint density at radius 2 is 1.78 bits per heavy atom. The number of hydrogen-bond donors (Lipinski definition) is 1. The number of methoxy groups -OCH3 is 2. The maximum absolute atomic E-state index is 13.3. The quantitative estimate of drug-likeness (QED) is 0.486. The Balaban J connectivity index is 1.49. The number of anilines is 1. The molecule has 190 valence electrons. The second-order valence-electron chi connectivity index (χ2n) is 9.22. The van der Waals surface area contributed by atoms with Crippen LogP contribution in [0.15, 0.2) is 71.6 Å². The number of carbonyl (C=O) groups is 1. The molecule has 1 saturated heterocycles. The predicted molar refractivity (Wildman–Crippen MR) is 140 cm³/mol. The van der Waals surface area contributed by atoms with E-state index in [1.165, 1.54) is 13.2 Å². The molecule has 4 rings (SSSR count). The lowest BCUT2D eigenvalue weighted by Crippen LogP contribution is -2.30. The van der Waals surface area contributed by atoms with Crippen LogP contribution in [0.1, 0.15) is 27.0 Å². The van der Waals surface area contributed by atoms with Gasteiger partial charge in [0.05, 0.1) is 13.2 Å². The molecule has 3 aromatic carbocycles. The minimum Gasteiger partial charge on any atom is -0.495 e. The molecule has 2 atom stereocenters. The summed E-state index contributed by atoms with van der Waals surface area (Å²) >= 11 is 0. The number of hydrogen-bond acceptors (Lipinski definition) is 5. The third-order valence-corrected chi connectivity index (χ3v) is 8.05. The van der Waals surface area contributed by atoms with Gasteiger partial charge in [0.2, 0.25) is 0 Å². The molecular formula is C28H32N2O5S. The fourth-order valence-electron chi connectivity index (χ4n) is 4.72. The van der Waals surface area contributed by atoms with Crippen LogP contribution in [0.25, 0.3) is 0 Å². The van der Waals surface area contributed by atoms with Crippen molar-refractivity contribution in [2.75, 3.05) is 32.0 Å². The van der Waals surface area contributed by atoms with Crippen LogP contribution in [0.3, 0.4) is 0 Å². The van der Waals surface area contributed by atoms with E-state index in [4.69, 9.17) is 9.47 Å². The van der Waals surface area contributed by atoms with Crippen LogP contribution in [0.5, 0.6) is 5.75 Å². The van der Waals surface area contributed by atoms with Crippen molar-refractivity contribution in [1.29, 1.82) is 0 Å². The lowest BCUT2D eigenvalue weighted by Gasteiger charge is -2.18. The van der Waals surface area contributed by atoms with E-state index in [2.05, 4.69) is 4.72 Å². The Kier molecular flexibility index (Phi) is 7.66. The van der Waals surface area contributed by atoms with E-state index in [0.717, 1.165) is 22.3 Å². The molecule has 1 heterocycles. The van der Waals surface area contributed by atoms with Crippen molar-refractivity contribution in [3.63, 3.8) is 0 Å². The van der Waals surface area contributed by atoms with Crippen molar-refractivity contribution >= 4 is 21.6 Å². The summed E-state index contributed by atoms with van der Waals surface area (Å²) in [4.78, 5) is 15.2. The van der Waals surface area contributed by atoms with Crippen molar-refractivity contribution in [3.8, 4) is 5.75 Å². The fourth-order valence-corrected chi connectivity index (χ4v) is 5.94. The first-order chi connectivity index (χ1) is 17.2. The van der Waals surface area contributed by atoms with Gasteiger partial charge >= 0.3 is 0 Å². The van der Waals surface area contributed by atoms with Crippen molar-refractivity contribution < 1.29 is 22.7 Å². The monoisotopic (exact) mass is 508 g/mol. The first-order valence-electron chi connectivity index (χ1n) is 11.9. The van der Waals surface area contributed by atoms with Crippen LogP contribution in [0.2, 0.25) is 0 Å². The number of carbonyl (C=O) groups excluding carboxylic acids is 1. The Labute approximate surface area is 213 Å². The van der Waals surface area contributed by atoms with Gasteiger partial charge in [-0.05, 0) is 61.7 Å². The summed E-state index contributed by atoms with van der Waals surface area (Å²) in [6.45, 7) is 5.02. The average molecular weight is 509 g/mol. The molecule has 0 spiro atoms. The Bertz CT molecular complexity index is 1360. The predicted octanol–water partition coefficient (Wildman–Crippen LogP) is 4.44. The number of benzene rings is 3. The highest BCUT2D eigenvalue weighted by Crippen LogP contribution is 2.29. The lowest BCUT2D eigenvalue weighted by molar-refractivity contribution is 0.0679. The van der Waals surface area contributed by atoms with Crippen molar-refractivity contribution in [2.45, 2.75) is 31.3 Å². The molecule has 8 heteroatoms. The van der Waals surface area contributed by atoms with Gasteiger partial charge in [-0.15, -0.1) is 0 Å². The summed E-state index contributed by atoms with van der Waals surface area (Å²) in [6.07, 6.45) is 0.548.